The Hall–Kier alpha value is -3.55. The molecule has 1 heterocycles. The number of anilines is 1. The van der Waals surface area contributed by atoms with Gasteiger partial charge in [0.05, 0.1) is 11.1 Å². The van der Waals surface area contributed by atoms with E-state index in [1.165, 1.54) is 25.1 Å². The lowest BCUT2D eigenvalue weighted by molar-refractivity contribution is -0.123. The number of nitrogens with zero attached hydrogens (tertiary/aromatic N) is 2. The van der Waals surface area contributed by atoms with Crippen molar-refractivity contribution in [3.05, 3.63) is 70.4 Å². The van der Waals surface area contributed by atoms with Gasteiger partial charge in [0.15, 0.2) is 11.8 Å². The number of para-hydroxylation sites is 1. The van der Waals surface area contributed by atoms with Gasteiger partial charge in [-0.1, -0.05) is 30.3 Å². The van der Waals surface area contributed by atoms with Crippen molar-refractivity contribution >= 4 is 28.3 Å². The van der Waals surface area contributed by atoms with Gasteiger partial charge in [-0.2, -0.15) is 5.10 Å². The summed E-state index contributed by atoms with van der Waals surface area (Å²) < 4.78 is 20.0. The van der Waals surface area contributed by atoms with Crippen LogP contribution < -0.4 is 10.9 Å². The molecule has 7 nitrogen and oxygen atoms in total. The van der Waals surface area contributed by atoms with Gasteiger partial charge in [0, 0.05) is 11.9 Å². The Morgan fingerprint density at radius 1 is 1.14 bits per heavy atom. The van der Waals surface area contributed by atoms with Gasteiger partial charge < -0.3 is 10.1 Å². The lowest BCUT2D eigenvalue weighted by Crippen LogP contribution is -2.32. The quantitative estimate of drug-likeness (QED) is 0.684. The molecule has 28 heavy (non-hydrogen) atoms. The van der Waals surface area contributed by atoms with Gasteiger partial charge in [-0.25, -0.2) is 13.9 Å². The molecule has 0 aliphatic carbocycles. The fraction of sp³-hybridized carbons (Fsp3) is 0.200. The molecule has 0 fully saturated rings. The van der Waals surface area contributed by atoms with E-state index in [1.54, 1.807) is 37.3 Å². The Kier molecular flexibility index (Phi) is 5.49. The molecule has 0 spiro atoms. The summed E-state index contributed by atoms with van der Waals surface area (Å²) in [4.78, 5) is 37.2. The second-order valence-electron chi connectivity index (χ2n) is 6.03. The summed E-state index contributed by atoms with van der Waals surface area (Å²) in [5.74, 6) is -2.14. The maximum Gasteiger partial charge on any atom is 0.360 e. The zero-order valence-corrected chi connectivity index (χ0v) is 15.3. The van der Waals surface area contributed by atoms with Crippen LogP contribution in [0.15, 0.2) is 53.3 Å². The van der Waals surface area contributed by atoms with Gasteiger partial charge in [-0.15, -0.1) is 0 Å². The standard InChI is InChI=1S/C20H18FN3O4/c1-3-24-19(26)14-9-5-4-8-13(14)17(23-24)20(27)28-12(2)18(25)22-16-11-7-6-10-15(16)21/h4-12H,3H2,1-2H3,(H,22,25)/t12-/m0/s1. The number of ether oxygens (including phenoxy) is 1. The van der Waals surface area contributed by atoms with Crippen LogP contribution in [0.3, 0.4) is 0 Å². The van der Waals surface area contributed by atoms with Gasteiger partial charge in [0.25, 0.3) is 11.5 Å². The van der Waals surface area contributed by atoms with E-state index >= 15 is 0 Å². The van der Waals surface area contributed by atoms with Crippen LogP contribution in [0.5, 0.6) is 0 Å². The van der Waals surface area contributed by atoms with Crippen molar-refractivity contribution in [2.75, 3.05) is 5.32 Å². The van der Waals surface area contributed by atoms with E-state index in [4.69, 9.17) is 4.74 Å². The average Bonchev–Trinajstić information content (AvgIpc) is 2.70. The molecule has 1 amide bonds. The number of aromatic nitrogens is 2. The number of benzene rings is 2. The van der Waals surface area contributed by atoms with Crippen molar-refractivity contribution in [3.8, 4) is 0 Å². The molecular weight excluding hydrogens is 365 g/mol. The third kappa shape index (κ3) is 3.75. The maximum absolute atomic E-state index is 13.7. The molecule has 8 heteroatoms. The summed E-state index contributed by atoms with van der Waals surface area (Å²) in [6.07, 6.45) is -1.20. The third-order valence-electron chi connectivity index (χ3n) is 4.15. The van der Waals surface area contributed by atoms with Crippen LogP contribution in [0, 0.1) is 5.82 Å². The Morgan fingerprint density at radius 3 is 2.46 bits per heavy atom. The number of nitrogens with one attached hydrogen (secondary N) is 1. The molecule has 1 atom stereocenters. The maximum atomic E-state index is 13.7. The van der Waals surface area contributed by atoms with Crippen LogP contribution in [0.2, 0.25) is 0 Å². The lowest BCUT2D eigenvalue weighted by atomic mass is 10.1. The van der Waals surface area contributed by atoms with Crippen LogP contribution >= 0.6 is 0 Å². The van der Waals surface area contributed by atoms with Gasteiger partial charge >= 0.3 is 5.97 Å². The van der Waals surface area contributed by atoms with Crippen LogP contribution in [0.25, 0.3) is 10.8 Å². The number of halogens is 1. The minimum absolute atomic E-state index is 0.0153. The number of esters is 1. The molecule has 0 aliphatic heterocycles. The summed E-state index contributed by atoms with van der Waals surface area (Å²) in [6.45, 7) is 3.36. The highest BCUT2D eigenvalue weighted by atomic mass is 19.1. The smallest absolute Gasteiger partial charge is 0.360 e. The Morgan fingerprint density at radius 2 is 1.79 bits per heavy atom. The molecule has 0 radical (unpaired) electrons. The second-order valence-corrected chi connectivity index (χ2v) is 6.03. The van der Waals surface area contributed by atoms with Gasteiger partial charge in [-0.3, -0.25) is 9.59 Å². The van der Waals surface area contributed by atoms with E-state index in [-0.39, 0.29) is 23.5 Å². The minimum Gasteiger partial charge on any atom is -0.448 e. The molecule has 0 aliphatic rings. The Labute approximate surface area is 159 Å². The largest absolute Gasteiger partial charge is 0.448 e. The Balaban J connectivity index is 1.85. The number of aryl methyl sites for hydroxylation is 1. The number of fused-ring (bicyclic) bond motifs is 1. The molecular formula is C20H18FN3O4. The van der Waals surface area contributed by atoms with E-state index in [0.29, 0.717) is 10.8 Å². The zero-order chi connectivity index (χ0) is 20.3. The summed E-state index contributed by atoms with van der Waals surface area (Å²) in [5, 5.41) is 7.10. The zero-order valence-electron chi connectivity index (χ0n) is 15.3. The van der Waals surface area contributed by atoms with Gasteiger partial charge in [0.2, 0.25) is 0 Å². The van der Waals surface area contributed by atoms with E-state index in [9.17, 15) is 18.8 Å². The first kappa shape index (κ1) is 19.2. The average molecular weight is 383 g/mol. The van der Waals surface area contributed by atoms with Crippen LogP contribution in [0.4, 0.5) is 10.1 Å². The summed E-state index contributed by atoms with van der Waals surface area (Å²) >= 11 is 0. The molecule has 3 aromatic rings. The van der Waals surface area contributed by atoms with Crippen LogP contribution in [-0.2, 0) is 16.1 Å². The first-order chi connectivity index (χ1) is 13.4. The van der Waals surface area contributed by atoms with E-state index in [1.807, 2.05) is 0 Å². The topological polar surface area (TPSA) is 90.3 Å². The molecule has 3 rings (SSSR count). The Bertz CT molecular complexity index is 1110. The summed E-state index contributed by atoms with van der Waals surface area (Å²) in [6, 6.07) is 12.2. The third-order valence-corrected chi connectivity index (χ3v) is 4.15. The lowest BCUT2D eigenvalue weighted by Gasteiger charge is -2.15. The van der Waals surface area contributed by atoms with Gasteiger partial charge in [-0.05, 0) is 32.0 Å². The molecule has 0 saturated heterocycles. The molecule has 0 bridgehead atoms. The second kappa shape index (κ2) is 7.99. The van der Waals surface area contributed by atoms with Crippen LogP contribution in [-0.4, -0.2) is 27.8 Å². The number of amides is 1. The highest BCUT2D eigenvalue weighted by Gasteiger charge is 2.23. The number of rotatable bonds is 5. The molecule has 144 valence electrons. The van der Waals surface area contributed by atoms with Crippen molar-refractivity contribution in [1.82, 2.24) is 9.78 Å². The molecule has 2 aromatic carbocycles. The number of hydrogen-bond donors (Lipinski definition) is 1. The molecule has 1 N–H and O–H groups in total. The molecule has 0 saturated carbocycles. The predicted octanol–water partition coefficient (Wildman–Crippen LogP) is 2.74. The first-order valence-electron chi connectivity index (χ1n) is 8.68. The SMILES string of the molecule is CCn1nc(C(=O)O[C@@H](C)C(=O)Nc2ccccc2F)c2ccccc2c1=O. The minimum atomic E-state index is -1.20. The first-order valence-corrected chi connectivity index (χ1v) is 8.68. The van der Waals surface area contributed by atoms with E-state index < -0.39 is 23.8 Å². The normalized spacial score (nSPS) is 11.8. The predicted molar refractivity (Wildman–Crippen MR) is 102 cm³/mol. The van der Waals surface area contributed by atoms with Crippen molar-refractivity contribution in [2.45, 2.75) is 26.5 Å². The van der Waals surface area contributed by atoms with Crippen molar-refractivity contribution in [1.29, 1.82) is 0 Å². The summed E-state index contributed by atoms with van der Waals surface area (Å²) in [7, 11) is 0. The monoisotopic (exact) mass is 383 g/mol. The van der Waals surface area contributed by atoms with Crippen molar-refractivity contribution < 1.29 is 18.7 Å². The highest BCUT2D eigenvalue weighted by molar-refractivity contribution is 6.03. The van der Waals surface area contributed by atoms with Crippen LogP contribution in [0.1, 0.15) is 24.3 Å². The number of hydrogen-bond acceptors (Lipinski definition) is 5. The molecule has 0 unspecified atom stereocenters. The molecule has 1 aromatic heterocycles. The fourth-order valence-electron chi connectivity index (χ4n) is 2.67. The van der Waals surface area contributed by atoms with Gasteiger partial charge in [0.1, 0.15) is 5.82 Å². The van der Waals surface area contributed by atoms with Crippen molar-refractivity contribution in [2.24, 2.45) is 0 Å². The fourth-order valence-corrected chi connectivity index (χ4v) is 2.67. The summed E-state index contributed by atoms with van der Waals surface area (Å²) in [5.41, 5.74) is -0.402. The van der Waals surface area contributed by atoms with E-state index in [2.05, 4.69) is 10.4 Å². The van der Waals surface area contributed by atoms with Crippen molar-refractivity contribution in [3.63, 3.8) is 0 Å². The number of carbonyl (C=O) groups excluding carboxylic acids is 2. The number of carbonyl (C=O) groups is 2. The van der Waals surface area contributed by atoms with E-state index in [0.717, 1.165) is 4.68 Å². The highest BCUT2D eigenvalue weighted by Crippen LogP contribution is 2.16.